The maximum atomic E-state index is 13.2. The van der Waals surface area contributed by atoms with E-state index in [9.17, 15) is 14.7 Å². The van der Waals surface area contributed by atoms with Crippen LogP contribution in [-0.4, -0.2) is 40.9 Å². The summed E-state index contributed by atoms with van der Waals surface area (Å²) in [5.74, 6) is -1.48. The number of pyridine rings is 1. The summed E-state index contributed by atoms with van der Waals surface area (Å²) in [4.78, 5) is 31.9. The Morgan fingerprint density at radius 2 is 1.76 bits per heavy atom. The monoisotopic (exact) mass is 498 g/mol. The molecule has 1 atom stereocenters. The van der Waals surface area contributed by atoms with Crippen LogP contribution in [0.25, 0.3) is 5.76 Å². The highest BCUT2D eigenvalue weighted by Gasteiger charge is 2.46. The number of likely N-dealkylation sites (tertiary alicyclic amines) is 1. The van der Waals surface area contributed by atoms with E-state index in [1.807, 2.05) is 0 Å². The van der Waals surface area contributed by atoms with Crippen LogP contribution in [0.4, 0.5) is 0 Å². The number of hydrogen-bond donors (Lipinski definition) is 1. The van der Waals surface area contributed by atoms with Crippen molar-refractivity contribution in [1.29, 1.82) is 0 Å². The molecule has 34 heavy (non-hydrogen) atoms. The molecule has 2 heterocycles. The molecule has 1 unspecified atom stereocenters. The number of carbonyl (C=O) groups excluding carboxylic acids is 2. The molecule has 7 nitrogen and oxygen atoms in total. The number of ether oxygens (including phenoxy) is 2. The summed E-state index contributed by atoms with van der Waals surface area (Å²) in [7, 11) is 2.84. The van der Waals surface area contributed by atoms with Crippen LogP contribution in [0.2, 0.25) is 10.0 Å². The van der Waals surface area contributed by atoms with E-state index < -0.39 is 23.5 Å². The van der Waals surface area contributed by atoms with Gasteiger partial charge in [0.2, 0.25) is 0 Å². The number of Topliss-reactive ketones (excluding diaryl/α,β-unsaturated/α-hetero) is 1. The molecule has 1 aliphatic rings. The molecule has 1 fully saturated rings. The number of hydrogen-bond acceptors (Lipinski definition) is 6. The number of aromatic nitrogens is 1. The number of benzene rings is 2. The molecule has 4 rings (SSSR count). The predicted octanol–water partition coefficient (Wildman–Crippen LogP) is 5.03. The molecule has 1 amide bonds. The van der Waals surface area contributed by atoms with Crippen LogP contribution in [0.5, 0.6) is 11.5 Å². The summed E-state index contributed by atoms with van der Waals surface area (Å²) in [6, 6.07) is 12.3. The summed E-state index contributed by atoms with van der Waals surface area (Å²) in [5.41, 5.74) is 1.42. The number of amides is 1. The molecule has 9 heteroatoms. The molecule has 1 N–H and O–H groups in total. The van der Waals surface area contributed by atoms with E-state index in [0.29, 0.717) is 10.6 Å². The Balaban J connectivity index is 1.92. The minimum Gasteiger partial charge on any atom is -0.507 e. The molecule has 0 spiro atoms. The van der Waals surface area contributed by atoms with Gasteiger partial charge < -0.3 is 19.5 Å². The Bertz CT molecular complexity index is 1280. The van der Waals surface area contributed by atoms with Crippen LogP contribution < -0.4 is 9.47 Å². The maximum Gasteiger partial charge on any atom is 0.295 e. The van der Waals surface area contributed by atoms with Gasteiger partial charge in [-0.05, 0) is 35.4 Å². The van der Waals surface area contributed by atoms with E-state index in [1.165, 1.54) is 31.3 Å². The molecular weight excluding hydrogens is 479 g/mol. The van der Waals surface area contributed by atoms with E-state index in [-0.39, 0.29) is 34.2 Å². The molecule has 3 aromatic rings. The van der Waals surface area contributed by atoms with Crippen molar-refractivity contribution in [2.45, 2.75) is 12.6 Å². The molecule has 1 saturated heterocycles. The van der Waals surface area contributed by atoms with Gasteiger partial charge in [0.05, 0.1) is 36.4 Å². The minimum absolute atomic E-state index is 0.0844. The zero-order valence-corrected chi connectivity index (χ0v) is 19.8. The predicted molar refractivity (Wildman–Crippen MR) is 128 cm³/mol. The van der Waals surface area contributed by atoms with Crippen molar-refractivity contribution >= 4 is 40.7 Å². The second kappa shape index (κ2) is 9.75. The van der Waals surface area contributed by atoms with Gasteiger partial charge in [-0.15, -0.1) is 0 Å². The smallest absolute Gasteiger partial charge is 0.295 e. The van der Waals surface area contributed by atoms with Crippen molar-refractivity contribution in [3.63, 3.8) is 0 Å². The Labute approximate surface area is 206 Å². The van der Waals surface area contributed by atoms with Crippen LogP contribution in [0.1, 0.15) is 22.7 Å². The lowest BCUT2D eigenvalue weighted by molar-refractivity contribution is -0.140. The van der Waals surface area contributed by atoms with E-state index >= 15 is 0 Å². The summed E-state index contributed by atoms with van der Waals surface area (Å²) in [6.07, 6.45) is 3.24. The molecule has 174 valence electrons. The molecule has 0 saturated carbocycles. The maximum absolute atomic E-state index is 13.2. The number of aliphatic hydroxyl groups is 1. The quantitative estimate of drug-likeness (QED) is 0.291. The van der Waals surface area contributed by atoms with Crippen molar-refractivity contribution in [3.8, 4) is 11.5 Å². The summed E-state index contributed by atoms with van der Waals surface area (Å²) >= 11 is 12.3. The summed E-state index contributed by atoms with van der Waals surface area (Å²) in [6.45, 7) is 0.115. The number of aliphatic hydroxyl groups excluding tert-OH is 1. The van der Waals surface area contributed by atoms with Crippen molar-refractivity contribution in [2.24, 2.45) is 0 Å². The normalized spacial score (nSPS) is 17.2. The molecule has 1 aromatic heterocycles. The number of ketones is 1. The van der Waals surface area contributed by atoms with Gasteiger partial charge in [0, 0.05) is 30.0 Å². The third-order valence-electron chi connectivity index (χ3n) is 5.53. The minimum atomic E-state index is -0.871. The zero-order valence-electron chi connectivity index (χ0n) is 18.3. The van der Waals surface area contributed by atoms with Gasteiger partial charge in [-0.3, -0.25) is 14.6 Å². The first-order valence-corrected chi connectivity index (χ1v) is 11.0. The van der Waals surface area contributed by atoms with Crippen LogP contribution in [0, 0.1) is 0 Å². The van der Waals surface area contributed by atoms with Crippen LogP contribution >= 0.6 is 23.2 Å². The Morgan fingerprint density at radius 1 is 1.06 bits per heavy atom. The fourth-order valence-corrected chi connectivity index (χ4v) is 4.27. The third-order valence-corrected chi connectivity index (χ3v) is 6.08. The van der Waals surface area contributed by atoms with Gasteiger partial charge in [-0.1, -0.05) is 41.4 Å². The Kier molecular flexibility index (Phi) is 6.77. The fraction of sp³-hybridized carbons (Fsp3) is 0.160. The van der Waals surface area contributed by atoms with Gasteiger partial charge in [-0.2, -0.15) is 0 Å². The highest BCUT2D eigenvalue weighted by Crippen LogP contribution is 2.43. The van der Waals surface area contributed by atoms with E-state index in [2.05, 4.69) is 4.98 Å². The van der Waals surface area contributed by atoms with Gasteiger partial charge >= 0.3 is 0 Å². The third kappa shape index (κ3) is 4.32. The average molecular weight is 499 g/mol. The largest absolute Gasteiger partial charge is 0.507 e. The Morgan fingerprint density at radius 3 is 2.38 bits per heavy atom. The lowest BCUT2D eigenvalue weighted by Gasteiger charge is -2.25. The molecule has 0 radical (unpaired) electrons. The van der Waals surface area contributed by atoms with Gasteiger partial charge in [-0.25, -0.2) is 0 Å². The average Bonchev–Trinajstić information content (AvgIpc) is 3.09. The van der Waals surface area contributed by atoms with Crippen LogP contribution in [0.15, 0.2) is 66.5 Å². The fourth-order valence-electron chi connectivity index (χ4n) is 3.91. The first kappa shape index (κ1) is 23.6. The Hall–Kier alpha value is -3.55. The highest BCUT2D eigenvalue weighted by molar-refractivity contribution is 6.46. The molecule has 0 aliphatic carbocycles. The number of rotatable bonds is 6. The molecular formula is C25H20Cl2N2O5. The van der Waals surface area contributed by atoms with Gasteiger partial charge in [0.1, 0.15) is 17.3 Å². The van der Waals surface area contributed by atoms with E-state index in [4.69, 9.17) is 32.7 Å². The van der Waals surface area contributed by atoms with E-state index in [0.717, 1.165) is 5.56 Å². The van der Waals surface area contributed by atoms with E-state index in [1.54, 1.807) is 48.8 Å². The van der Waals surface area contributed by atoms with Gasteiger partial charge in [0.25, 0.3) is 11.7 Å². The first-order valence-electron chi connectivity index (χ1n) is 10.2. The van der Waals surface area contributed by atoms with Crippen LogP contribution in [0.3, 0.4) is 0 Å². The standard InChI is InChI=1S/C25H20Cl2N2O5/c1-33-19-11-18(27)20(34-2)10-17(19)23(30)21-22(15-5-7-16(26)8-6-15)29(25(32)24(21)31)13-14-4-3-9-28-12-14/h3-12,22,30H,13H2,1-2H3/b23-21+. The van der Waals surface area contributed by atoms with Crippen molar-refractivity contribution in [3.05, 3.63) is 93.2 Å². The molecule has 2 aromatic carbocycles. The number of methoxy groups -OCH3 is 2. The second-order valence-electron chi connectivity index (χ2n) is 7.53. The zero-order chi connectivity index (χ0) is 24.4. The second-order valence-corrected chi connectivity index (χ2v) is 8.37. The van der Waals surface area contributed by atoms with Crippen molar-refractivity contribution < 1.29 is 24.2 Å². The lowest BCUT2D eigenvalue weighted by atomic mass is 9.95. The van der Waals surface area contributed by atoms with Crippen LogP contribution in [-0.2, 0) is 16.1 Å². The summed E-state index contributed by atoms with van der Waals surface area (Å²) in [5, 5.41) is 12.1. The van der Waals surface area contributed by atoms with Crippen molar-refractivity contribution in [2.75, 3.05) is 14.2 Å². The number of halogens is 2. The molecule has 0 bridgehead atoms. The van der Waals surface area contributed by atoms with Crippen molar-refractivity contribution in [1.82, 2.24) is 9.88 Å². The van der Waals surface area contributed by atoms with Gasteiger partial charge in [0.15, 0.2) is 0 Å². The summed E-state index contributed by atoms with van der Waals surface area (Å²) < 4.78 is 10.6. The number of carbonyl (C=O) groups is 2. The highest BCUT2D eigenvalue weighted by atomic mass is 35.5. The lowest BCUT2D eigenvalue weighted by Crippen LogP contribution is -2.29. The topological polar surface area (TPSA) is 89.0 Å². The molecule has 1 aliphatic heterocycles. The first-order chi connectivity index (χ1) is 16.3. The SMILES string of the molecule is COc1cc(/C(O)=C2\C(=O)C(=O)N(Cc3cccnc3)C2c2ccc(Cl)cc2)c(OC)cc1Cl. The number of nitrogens with zero attached hydrogens (tertiary/aromatic N) is 2.